The molecule has 0 aromatic heterocycles. The summed E-state index contributed by atoms with van der Waals surface area (Å²) >= 11 is 4.73. The lowest BCUT2D eigenvalue weighted by molar-refractivity contribution is 0.383. The Kier molecular flexibility index (Phi) is 4.54. The highest BCUT2D eigenvalue weighted by atomic mass is 32.1. The van der Waals surface area contributed by atoms with Crippen molar-refractivity contribution in [2.24, 2.45) is 5.73 Å². The standard InChI is InChI=1S/C9H16N4S/c1-6(7(5-10)8(11)14)12-13-9(2,3)4/h12-13H,1-4H3,(H2,11,14)/b7-6+. The minimum absolute atomic E-state index is 0.0853. The Morgan fingerprint density at radius 3 is 2.21 bits per heavy atom. The van der Waals surface area contributed by atoms with Gasteiger partial charge in [0.2, 0.25) is 0 Å². The molecule has 0 atom stereocenters. The molecule has 0 bridgehead atoms. The minimum Gasteiger partial charge on any atom is -0.389 e. The Labute approximate surface area is 90.1 Å². The van der Waals surface area contributed by atoms with Gasteiger partial charge in [-0.15, -0.1) is 0 Å². The number of nitrogens with zero attached hydrogens (tertiary/aromatic N) is 1. The van der Waals surface area contributed by atoms with Crippen molar-refractivity contribution >= 4 is 17.2 Å². The number of nitrogens with two attached hydrogens (primary N) is 1. The van der Waals surface area contributed by atoms with Crippen molar-refractivity contribution in [3.63, 3.8) is 0 Å². The first-order chi connectivity index (χ1) is 6.28. The van der Waals surface area contributed by atoms with Crippen molar-refractivity contribution < 1.29 is 0 Å². The predicted molar refractivity (Wildman–Crippen MR) is 61.1 cm³/mol. The van der Waals surface area contributed by atoms with E-state index >= 15 is 0 Å². The molecule has 0 aliphatic carbocycles. The van der Waals surface area contributed by atoms with Gasteiger partial charge in [0.15, 0.2) is 0 Å². The summed E-state index contributed by atoms with van der Waals surface area (Å²) in [4.78, 5) is 0.105. The number of hydrazine groups is 1. The van der Waals surface area contributed by atoms with E-state index in [0.717, 1.165) is 0 Å². The maximum atomic E-state index is 8.75. The second-order valence-corrected chi connectivity index (χ2v) is 4.42. The van der Waals surface area contributed by atoms with Gasteiger partial charge in [-0.25, -0.2) is 5.43 Å². The highest BCUT2D eigenvalue weighted by Gasteiger charge is 2.10. The normalized spacial score (nSPS) is 12.8. The average Bonchev–Trinajstić information content (AvgIpc) is 2.00. The van der Waals surface area contributed by atoms with Crippen molar-refractivity contribution in [2.75, 3.05) is 0 Å². The summed E-state index contributed by atoms with van der Waals surface area (Å²) in [6, 6.07) is 1.95. The molecule has 0 saturated heterocycles. The van der Waals surface area contributed by atoms with E-state index in [4.69, 9.17) is 23.2 Å². The van der Waals surface area contributed by atoms with E-state index in [0.29, 0.717) is 11.3 Å². The zero-order valence-electron chi connectivity index (χ0n) is 8.93. The van der Waals surface area contributed by atoms with E-state index in [1.54, 1.807) is 6.92 Å². The van der Waals surface area contributed by atoms with Crippen LogP contribution in [0.15, 0.2) is 11.3 Å². The molecule has 0 radical (unpaired) electrons. The summed E-state index contributed by atoms with van der Waals surface area (Å²) in [7, 11) is 0. The Balaban J connectivity index is 4.53. The first-order valence-corrected chi connectivity index (χ1v) is 4.62. The van der Waals surface area contributed by atoms with Gasteiger partial charge in [-0.05, 0) is 27.7 Å². The summed E-state index contributed by atoms with van der Waals surface area (Å²) in [5.41, 5.74) is 12.1. The highest BCUT2D eigenvalue weighted by molar-refractivity contribution is 7.80. The fourth-order valence-electron chi connectivity index (χ4n) is 0.667. The van der Waals surface area contributed by atoms with E-state index in [9.17, 15) is 0 Å². The van der Waals surface area contributed by atoms with Crippen LogP contribution in [-0.2, 0) is 0 Å². The number of nitrogens with one attached hydrogen (secondary N) is 2. The number of hydrogen-bond donors (Lipinski definition) is 3. The van der Waals surface area contributed by atoms with Gasteiger partial charge < -0.3 is 11.2 Å². The number of allylic oxidation sites excluding steroid dienone is 1. The molecule has 0 fully saturated rings. The number of thiocarbonyl (C=S) groups is 1. The summed E-state index contributed by atoms with van der Waals surface area (Å²) in [6.07, 6.45) is 0. The van der Waals surface area contributed by atoms with Gasteiger partial charge in [-0.2, -0.15) is 5.26 Å². The number of nitriles is 1. The van der Waals surface area contributed by atoms with Gasteiger partial charge in [-0.1, -0.05) is 12.2 Å². The molecule has 0 aromatic carbocycles. The van der Waals surface area contributed by atoms with Gasteiger partial charge in [0, 0.05) is 11.2 Å². The average molecular weight is 212 g/mol. The van der Waals surface area contributed by atoms with E-state index < -0.39 is 0 Å². The van der Waals surface area contributed by atoms with Crippen LogP contribution in [0.5, 0.6) is 0 Å². The summed E-state index contributed by atoms with van der Waals surface area (Å²) in [6.45, 7) is 7.75. The monoisotopic (exact) mass is 212 g/mol. The molecule has 0 rings (SSSR count). The lowest BCUT2D eigenvalue weighted by atomic mass is 10.1. The smallest absolute Gasteiger partial charge is 0.116 e. The fraction of sp³-hybridized carbons (Fsp3) is 0.556. The van der Waals surface area contributed by atoms with Crippen molar-refractivity contribution in [1.82, 2.24) is 10.9 Å². The van der Waals surface area contributed by atoms with Crippen molar-refractivity contribution in [2.45, 2.75) is 33.2 Å². The molecule has 0 heterocycles. The maximum Gasteiger partial charge on any atom is 0.116 e. The molecule has 0 amide bonds. The molecule has 78 valence electrons. The van der Waals surface area contributed by atoms with Crippen LogP contribution in [0.2, 0.25) is 0 Å². The SMILES string of the molecule is C/C(NNC(C)(C)C)=C(/C#N)C(N)=S. The van der Waals surface area contributed by atoms with Crippen molar-refractivity contribution in [1.29, 1.82) is 5.26 Å². The third kappa shape index (κ3) is 4.80. The van der Waals surface area contributed by atoms with E-state index in [1.165, 1.54) is 0 Å². The van der Waals surface area contributed by atoms with Crippen LogP contribution in [-0.4, -0.2) is 10.5 Å². The molecule has 4 nitrogen and oxygen atoms in total. The molecular formula is C9H16N4S. The molecule has 0 aliphatic rings. The topological polar surface area (TPSA) is 73.9 Å². The summed E-state index contributed by atoms with van der Waals surface area (Å²) < 4.78 is 0. The van der Waals surface area contributed by atoms with Crippen LogP contribution >= 0.6 is 12.2 Å². The second-order valence-electron chi connectivity index (χ2n) is 3.98. The summed E-state index contributed by atoms with van der Waals surface area (Å²) in [5.74, 6) is 0. The molecule has 0 spiro atoms. The highest BCUT2D eigenvalue weighted by Crippen LogP contribution is 2.01. The Hall–Kier alpha value is -1.12. The Bertz CT molecular complexity index is 293. The van der Waals surface area contributed by atoms with Crippen LogP contribution in [0.25, 0.3) is 0 Å². The minimum atomic E-state index is -0.0853. The predicted octanol–water partition coefficient (Wildman–Crippen LogP) is 0.963. The molecule has 14 heavy (non-hydrogen) atoms. The molecule has 0 aromatic rings. The van der Waals surface area contributed by atoms with E-state index in [2.05, 4.69) is 10.9 Å². The van der Waals surface area contributed by atoms with Crippen LogP contribution in [0, 0.1) is 11.3 Å². The van der Waals surface area contributed by atoms with Crippen molar-refractivity contribution in [3.05, 3.63) is 11.3 Å². The number of hydrogen-bond acceptors (Lipinski definition) is 4. The first kappa shape index (κ1) is 12.9. The lowest BCUT2D eigenvalue weighted by Crippen LogP contribution is -2.45. The van der Waals surface area contributed by atoms with Gasteiger partial charge in [0.1, 0.15) is 16.6 Å². The first-order valence-electron chi connectivity index (χ1n) is 4.22. The molecule has 5 heteroatoms. The third-order valence-corrected chi connectivity index (χ3v) is 1.56. The summed E-state index contributed by atoms with van der Waals surface area (Å²) in [5, 5.41) is 8.75. The zero-order chi connectivity index (χ0) is 11.4. The molecule has 4 N–H and O–H groups in total. The molecule has 0 aliphatic heterocycles. The Morgan fingerprint density at radius 1 is 1.43 bits per heavy atom. The third-order valence-electron chi connectivity index (χ3n) is 1.36. The Morgan fingerprint density at radius 2 is 1.93 bits per heavy atom. The largest absolute Gasteiger partial charge is 0.389 e. The van der Waals surface area contributed by atoms with Gasteiger partial charge >= 0.3 is 0 Å². The zero-order valence-corrected chi connectivity index (χ0v) is 9.75. The van der Waals surface area contributed by atoms with Crippen LogP contribution in [0.1, 0.15) is 27.7 Å². The number of rotatable bonds is 3. The second kappa shape index (κ2) is 4.94. The van der Waals surface area contributed by atoms with Crippen LogP contribution < -0.4 is 16.6 Å². The van der Waals surface area contributed by atoms with Crippen LogP contribution in [0.4, 0.5) is 0 Å². The molecule has 0 saturated carbocycles. The van der Waals surface area contributed by atoms with Crippen molar-refractivity contribution in [3.8, 4) is 6.07 Å². The van der Waals surface area contributed by atoms with E-state index in [1.807, 2.05) is 26.8 Å². The van der Waals surface area contributed by atoms with Gasteiger partial charge in [0.05, 0.1) is 0 Å². The van der Waals surface area contributed by atoms with Crippen LogP contribution in [0.3, 0.4) is 0 Å². The molecular weight excluding hydrogens is 196 g/mol. The quantitative estimate of drug-likeness (QED) is 0.281. The lowest BCUT2D eigenvalue weighted by Gasteiger charge is -2.22. The van der Waals surface area contributed by atoms with Gasteiger partial charge in [0.25, 0.3) is 0 Å². The molecule has 0 unspecified atom stereocenters. The maximum absolute atomic E-state index is 8.75. The fourth-order valence-corrected chi connectivity index (χ4v) is 0.866. The van der Waals surface area contributed by atoms with E-state index in [-0.39, 0.29) is 10.5 Å². The van der Waals surface area contributed by atoms with Gasteiger partial charge in [-0.3, -0.25) is 0 Å².